The van der Waals surface area contributed by atoms with Gasteiger partial charge in [0.05, 0.1) is 11.4 Å². The number of benzene rings is 2. The molecule has 0 unspecified atom stereocenters. The Morgan fingerprint density at radius 2 is 1.70 bits per heavy atom. The van der Waals surface area contributed by atoms with Crippen molar-refractivity contribution in [3.05, 3.63) is 54.6 Å². The van der Waals surface area contributed by atoms with Crippen LogP contribution in [-0.4, -0.2) is 29.3 Å². The summed E-state index contributed by atoms with van der Waals surface area (Å²) < 4.78 is 0. The highest BCUT2D eigenvalue weighted by molar-refractivity contribution is 6.07. The molecule has 0 aliphatic carbocycles. The quantitative estimate of drug-likeness (QED) is 0.834. The first-order chi connectivity index (χ1) is 12.8. The lowest BCUT2D eigenvalue weighted by atomic mass is 9.84. The molecule has 5 heteroatoms. The van der Waals surface area contributed by atoms with Crippen molar-refractivity contribution in [1.29, 1.82) is 0 Å². The number of carbonyl (C=O) groups is 2. The number of hydrogen-bond donors (Lipinski definition) is 1. The minimum Gasteiger partial charge on any atom is -0.397 e. The molecule has 5 nitrogen and oxygen atoms in total. The normalized spacial score (nSPS) is 15.7. The molecule has 1 heterocycles. The summed E-state index contributed by atoms with van der Waals surface area (Å²) in [4.78, 5) is 29.7. The molecule has 1 atom stereocenters. The summed E-state index contributed by atoms with van der Waals surface area (Å²) in [6.07, 6.45) is 1.29. The second-order valence-corrected chi connectivity index (χ2v) is 8.03. The van der Waals surface area contributed by atoms with Crippen LogP contribution in [0, 0.1) is 5.41 Å². The molecule has 142 valence electrons. The molecule has 1 saturated heterocycles. The number of nitrogen functional groups attached to an aromatic ring is 1. The topological polar surface area (TPSA) is 66.6 Å². The van der Waals surface area contributed by atoms with Crippen LogP contribution in [0.1, 0.15) is 33.6 Å². The molecule has 0 aromatic heterocycles. The van der Waals surface area contributed by atoms with E-state index in [1.54, 1.807) is 15.9 Å². The molecule has 2 amide bonds. The minimum atomic E-state index is -0.563. The number of para-hydroxylation sites is 3. The second kappa shape index (κ2) is 7.43. The fraction of sp³-hybridized carbons (Fsp3) is 0.364. The molecule has 2 aromatic rings. The third-order valence-corrected chi connectivity index (χ3v) is 4.89. The Bertz CT molecular complexity index is 827. The smallest absolute Gasteiger partial charge is 0.254 e. The number of rotatable bonds is 4. The van der Waals surface area contributed by atoms with E-state index in [4.69, 9.17) is 5.73 Å². The maximum absolute atomic E-state index is 13.9. The van der Waals surface area contributed by atoms with Crippen LogP contribution in [0.25, 0.3) is 0 Å². The molecule has 1 fully saturated rings. The standard InChI is InChI=1S/C22H27N3O2/c1-22(2,3)20(24-15-9-14-19(24)26)21(27)25(16-10-5-4-6-11-16)18-13-8-7-12-17(18)23/h4-8,10-13,20H,9,14-15,23H2,1-3H3/t20-/m1/s1. The summed E-state index contributed by atoms with van der Waals surface area (Å²) >= 11 is 0. The van der Waals surface area contributed by atoms with Crippen molar-refractivity contribution < 1.29 is 9.59 Å². The summed E-state index contributed by atoms with van der Waals surface area (Å²) in [6, 6.07) is 16.2. The van der Waals surface area contributed by atoms with Crippen molar-refractivity contribution in [2.45, 2.75) is 39.7 Å². The molecular formula is C22H27N3O2. The van der Waals surface area contributed by atoms with Crippen LogP contribution in [0.5, 0.6) is 0 Å². The molecule has 0 spiro atoms. The van der Waals surface area contributed by atoms with E-state index in [0.29, 0.717) is 24.3 Å². The molecular weight excluding hydrogens is 338 g/mol. The molecule has 2 N–H and O–H groups in total. The third kappa shape index (κ3) is 3.82. The third-order valence-electron chi connectivity index (χ3n) is 4.89. The Labute approximate surface area is 160 Å². The molecule has 0 radical (unpaired) electrons. The zero-order chi connectivity index (χ0) is 19.6. The van der Waals surface area contributed by atoms with Gasteiger partial charge in [0.1, 0.15) is 6.04 Å². The fourth-order valence-electron chi connectivity index (χ4n) is 3.69. The predicted molar refractivity (Wildman–Crippen MR) is 109 cm³/mol. The van der Waals surface area contributed by atoms with Crippen LogP contribution in [0.3, 0.4) is 0 Å². The van der Waals surface area contributed by atoms with Gasteiger partial charge in [-0.2, -0.15) is 0 Å². The van der Waals surface area contributed by atoms with Crippen molar-refractivity contribution in [3.63, 3.8) is 0 Å². The lowest BCUT2D eigenvalue weighted by Gasteiger charge is -2.40. The number of carbonyl (C=O) groups excluding carboxylic acids is 2. The maximum Gasteiger partial charge on any atom is 0.254 e. The van der Waals surface area contributed by atoms with E-state index >= 15 is 0 Å². The summed E-state index contributed by atoms with van der Waals surface area (Å²) in [5.41, 5.74) is 7.70. The predicted octanol–water partition coefficient (Wildman–Crippen LogP) is 3.97. The van der Waals surface area contributed by atoms with Gasteiger partial charge in [-0.25, -0.2) is 0 Å². The first-order valence-electron chi connectivity index (χ1n) is 9.33. The van der Waals surface area contributed by atoms with Crippen molar-refractivity contribution in [2.24, 2.45) is 5.41 Å². The van der Waals surface area contributed by atoms with Crippen molar-refractivity contribution in [1.82, 2.24) is 4.90 Å². The molecule has 3 rings (SSSR count). The van der Waals surface area contributed by atoms with Crippen LogP contribution >= 0.6 is 0 Å². The van der Waals surface area contributed by atoms with Gasteiger partial charge in [-0.3, -0.25) is 14.5 Å². The van der Waals surface area contributed by atoms with E-state index in [9.17, 15) is 9.59 Å². The fourth-order valence-corrected chi connectivity index (χ4v) is 3.69. The maximum atomic E-state index is 13.9. The van der Waals surface area contributed by atoms with Gasteiger partial charge in [0.2, 0.25) is 5.91 Å². The molecule has 1 aliphatic heterocycles. The average molecular weight is 365 g/mol. The Kier molecular flexibility index (Phi) is 5.22. The number of anilines is 3. The van der Waals surface area contributed by atoms with E-state index in [0.717, 1.165) is 12.1 Å². The highest BCUT2D eigenvalue weighted by Crippen LogP contribution is 2.36. The molecule has 0 saturated carbocycles. The largest absolute Gasteiger partial charge is 0.397 e. The van der Waals surface area contributed by atoms with Crippen LogP contribution in [-0.2, 0) is 9.59 Å². The van der Waals surface area contributed by atoms with Crippen LogP contribution < -0.4 is 10.6 Å². The van der Waals surface area contributed by atoms with E-state index in [-0.39, 0.29) is 11.8 Å². The molecule has 0 bridgehead atoms. The van der Waals surface area contributed by atoms with Gasteiger partial charge in [0, 0.05) is 18.7 Å². The number of nitrogens with two attached hydrogens (primary N) is 1. The zero-order valence-corrected chi connectivity index (χ0v) is 16.2. The van der Waals surface area contributed by atoms with Gasteiger partial charge in [0.15, 0.2) is 0 Å². The van der Waals surface area contributed by atoms with Crippen LogP contribution in [0.4, 0.5) is 17.1 Å². The lowest BCUT2D eigenvalue weighted by Crippen LogP contribution is -2.54. The van der Waals surface area contributed by atoms with E-state index in [1.807, 2.05) is 69.3 Å². The van der Waals surface area contributed by atoms with Gasteiger partial charge < -0.3 is 10.6 Å². The molecule has 1 aliphatic rings. The molecule has 2 aromatic carbocycles. The van der Waals surface area contributed by atoms with E-state index in [1.165, 1.54) is 0 Å². The number of nitrogens with zero attached hydrogens (tertiary/aromatic N) is 2. The first-order valence-corrected chi connectivity index (χ1v) is 9.33. The second-order valence-electron chi connectivity index (χ2n) is 8.03. The number of likely N-dealkylation sites (tertiary alicyclic amines) is 1. The summed E-state index contributed by atoms with van der Waals surface area (Å²) in [5.74, 6) is -0.0980. The number of amides is 2. The Morgan fingerprint density at radius 1 is 1.07 bits per heavy atom. The van der Waals surface area contributed by atoms with E-state index in [2.05, 4.69) is 0 Å². The Morgan fingerprint density at radius 3 is 2.26 bits per heavy atom. The van der Waals surface area contributed by atoms with Crippen molar-refractivity contribution >= 4 is 28.9 Å². The first kappa shape index (κ1) is 19.0. The van der Waals surface area contributed by atoms with E-state index < -0.39 is 11.5 Å². The summed E-state index contributed by atoms with van der Waals surface area (Å²) in [6.45, 7) is 6.61. The van der Waals surface area contributed by atoms with Gasteiger partial charge in [-0.05, 0) is 36.1 Å². The zero-order valence-electron chi connectivity index (χ0n) is 16.2. The van der Waals surface area contributed by atoms with Crippen LogP contribution in [0.15, 0.2) is 54.6 Å². The SMILES string of the molecule is CC(C)(C)[C@@H](C(=O)N(c1ccccc1)c1ccccc1N)N1CCCC1=O. The van der Waals surface area contributed by atoms with Gasteiger partial charge in [0.25, 0.3) is 5.91 Å². The Balaban J connectivity index is 2.11. The van der Waals surface area contributed by atoms with Gasteiger partial charge in [-0.15, -0.1) is 0 Å². The highest BCUT2D eigenvalue weighted by Gasteiger charge is 2.43. The lowest BCUT2D eigenvalue weighted by molar-refractivity contribution is -0.139. The Hall–Kier alpha value is -2.82. The van der Waals surface area contributed by atoms with Gasteiger partial charge in [-0.1, -0.05) is 51.1 Å². The highest BCUT2D eigenvalue weighted by atomic mass is 16.2. The van der Waals surface area contributed by atoms with Gasteiger partial charge >= 0.3 is 0 Å². The summed E-state index contributed by atoms with van der Waals surface area (Å²) in [7, 11) is 0. The summed E-state index contributed by atoms with van der Waals surface area (Å²) in [5, 5.41) is 0. The van der Waals surface area contributed by atoms with Crippen LogP contribution in [0.2, 0.25) is 0 Å². The van der Waals surface area contributed by atoms with Crippen molar-refractivity contribution in [2.75, 3.05) is 17.2 Å². The average Bonchev–Trinajstić information content (AvgIpc) is 3.02. The molecule has 27 heavy (non-hydrogen) atoms. The minimum absolute atomic E-state index is 0.0392. The number of hydrogen-bond acceptors (Lipinski definition) is 3. The monoisotopic (exact) mass is 365 g/mol. The van der Waals surface area contributed by atoms with Crippen molar-refractivity contribution in [3.8, 4) is 0 Å².